The van der Waals surface area contributed by atoms with Crippen LogP contribution in [0.2, 0.25) is 0 Å². The molecular weight excluding hydrogens is 548 g/mol. The lowest BCUT2D eigenvalue weighted by atomic mass is 9.98. The molecule has 0 aromatic heterocycles. The number of methoxy groups -OCH3 is 1. The van der Waals surface area contributed by atoms with Crippen LogP contribution in [0.3, 0.4) is 0 Å². The highest BCUT2D eigenvalue weighted by Crippen LogP contribution is 2.49. The molecule has 41 heavy (non-hydrogen) atoms. The summed E-state index contributed by atoms with van der Waals surface area (Å²) in [4.78, 5) is 13.3. The molecule has 0 radical (unpaired) electrons. The van der Waals surface area contributed by atoms with E-state index in [1.54, 1.807) is 12.1 Å². The molecule has 2 heterocycles. The number of aliphatic hydroxyl groups excluding tert-OH is 1. The number of ether oxygens (including phenoxy) is 4. The first-order valence-corrected chi connectivity index (χ1v) is 15.7. The monoisotopic (exact) mass is 588 g/mol. The first-order valence-electron chi connectivity index (χ1n) is 14.2. The Morgan fingerprint density at radius 1 is 1.05 bits per heavy atom. The molecule has 3 fully saturated rings. The van der Waals surface area contributed by atoms with Crippen LogP contribution >= 0.6 is 0 Å². The fraction of sp³-hybridized carbons (Fsp3) is 0.567. The first-order chi connectivity index (χ1) is 19.7. The smallest absolute Gasteiger partial charge is 0.407 e. The van der Waals surface area contributed by atoms with E-state index >= 15 is 0 Å². The number of hydrogen-bond donors (Lipinski definition) is 2. The van der Waals surface area contributed by atoms with Gasteiger partial charge in [-0.05, 0) is 48.6 Å². The SMILES string of the molecule is COc1ccc(S(=O)(=O)N(CC(C)C)C[C@@H](O)[C@H](Cc2ccccc2)NC(=O)O[C@@H]2C3CO[C@@H]4OC[C@H]2C4C3)cc1. The number of aliphatic hydroxyl groups is 1. The molecule has 11 heteroatoms. The number of sulfonamides is 1. The van der Waals surface area contributed by atoms with Crippen molar-refractivity contribution < 1.29 is 37.3 Å². The Morgan fingerprint density at radius 2 is 1.76 bits per heavy atom. The van der Waals surface area contributed by atoms with Gasteiger partial charge in [0.05, 0.1) is 37.4 Å². The largest absolute Gasteiger partial charge is 0.497 e. The van der Waals surface area contributed by atoms with Crippen LogP contribution in [-0.2, 0) is 30.7 Å². The van der Waals surface area contributed by atoms with E-state index in [0.717, 1.165) is 12.0 Å². The van der Waals surface area contributed by atoms with Gasteiger partial charge in [0, 0.05) is 30.8 Å². The molecule has 2 unspecified atom stereocenters. The molecule has 7 atom stereocenters. The Hall–Kier alpha value is -2.70. The Morgan fingerprint density at radius 3 is 2.44 bits per heavy atom. The fourth-order valence-corrected chi connectivity index (χ4v) is 7.84. The lowest BCUT2D eigenvalue weighted by Crippen LogP contribution is -2.52. The standard InChI is InChI=1S/C30H40N2O8S/c1-19(2)15-32(41(35,36)23-11-9-22(37-3)10-12-23)16-27(33)26(13-20-7-5-4-6-8-20)31-30(34)40-28-21-14-24-25(28)18-39-29(24)38-17-21/h4-12,19,21,24-29,33H,13-18H2,1-3H3,(H,31,34)/t21?,24?,25-,26-,27+,28+,29+/m0/s1. The number of hydrogen-bond acceptors (Lipinski definition) is 8. The third kappa shape index (κ3) is 6.70. The summed E-state index contributed by atoms with van der Waals surface area (Å²) < 4.78 is 51.2. The van der Waals surface area contributed by atoms with E-state index in [2.05, 4.69) is 5.32 Å². The lowest BCUT2D eigenvalue weighted by Gasteiger charge is -2.31. The summed E-state index contributed by atoms with van der Waals surface area (Å²) in [5, 5.41) is 14.3. The quantitative estimate of drug-likeness (QED) is 0.388. The molecule has 2 aliphatic heterocycles. The Kier molecular flexibility index (Phi) is 9.20. The van der Waals surface area contributed by atoms with Crippen LogP contribution in [0, 0.1) is 23.7 Å². The van der Waals surface area contributed by atoms with Crippen LogP contribution in [0.25, 0.3) is 0 Å². The molecule has 1 aliphatic carbocycles. The zero-order valence-electron chi connectivity index (χ0n) is 23.7. The van der Waals surface area contributed by atoms with E-state index in [1.807, 2.05) is 44.2 Å². The number of amides is 1. The van der Waals surface area contributed by atoms with Crippen molar-refractivity contribution in [1.29, 1.82) is 0 Å². The summed E-state index contributed by atoms with van der Waals surface area (Å²) in [7, 11) is -2.43. The molecule has 2 bridgehead atoms. The first kappa shape index (κ1) is 29.8. The summed E-state index contributed by atoms with van der Waals surface area (Å²) in [6.07, 6.45) is -1.20. The molecule has 10 nitrogen and oxygen atoms in total. The van der Waals surface area contributed by atoms with Gasteiger partial charge in [-0.25, -0.2) is 13.2 Å². The zero-order valence-corrected chi connectivity index (χ0v) is 24.5. The van der Waals surface area contributed by atoms with Gasteiger partial charge in [-0.3, -0.25) is 0 Å². The maximum Gasteiger partial charge on any atom is 0.407 e. The Bertz CT molecular complexity index is 1270. The average Bonchev–Trinajstić information content (AvgIpc) is 3.49. The van der Waals surface area contributed by atoms with Crippen molar-refractivity contribution in [2.24, 2.45) is 23.7 Å². The van der Waals surface area contributed by atoms with Gasteiger partial charge < -0.3 is 29.4 Å². The van der Waals surface area contributed by atoms with E-state index in [0.29, 0.717) is 25.4 Å². The summed E-state index contributed by atoms with van der Waals surface area (Å²) in [5.74, 6) is 0.978. The van der Waals surface area contributed by atoms with E-state index in [-0.39, 0.29) is 54.1 Å². The van der Waals surface area contributed by atoms with E-state index < -0.39 is 28.3 Å². The summed E-state index contributed by atoms with van der Waals surface area (Å²) >= 11 is 0. The molecule has 1 amide bonds. The van der Waals surface area contributed by atoms with Crippen LogP contribution in [0.1, 0.15) is 25.8 Å². The van der Waals surface area contributed by atoms with Crippen molar-refractivity contribution in [3.05, 3.63) is 60.2 Å². The van der Waals surface area contributed by atoms with E-state index in [9.17, 15) is 18.3 Å². The third-order valence-electron chi connectivity index (χ3n) is 8.25. The Balaban J connectivity index is 1.33. The third-order valence-corrected chi connectivity index (χ3v) is 10.1. The van der Waals surface area contributed by atoms with Crippen molar-refractivity contribution in [2.75, 3.05) is 33.4 Å². The highest BCUT2D eigenvalue weighted by molar-refractivity contribution is 7.89. The van der Waals surface area contributed by atoms with Gasteiger partial charge >= 0.3 is 6.09 Å². The highest BCUT2D eigenvalue weighted by Gasteiger charge is 2.56. The number of carbonyl (C=O) groups excluding carboxylic acids is 1. The average molecular weight is 589 g/mol. The lowest BCUT2D eigenvalue weighted by molar-refractivity contribution is -0.169. The van der Waals surface area contributed by atoms with E-state index in [4.69, 9.17) is 18.9 Å². The minimum absolute atomic E-state index is 0.00196. The second-order valence-electron chi connectivity index (χ2n) is 11.6. The minimum Gasteiger partial charge on any atom is -0.497 e. The molecule has 2 aromatic carbocycles. The maximum absolute atomic E-state index is 13.7. The minimum atomic E-state index is -3.94. The van der Waals surface area contributed by atoms with Gasteiger partial charge in [-0.2, -0.15) is 4.31 Å². The topological polar surface area (TPSA) is 124 Å². The van der Waals surface area contributed by atoms with Crippen LogP contribution in [0.15, 0.2) is 59.5 Å². The molecule has 224 valence electrons. The molecule has 5 rings (SSSR count). The molecule has 2 N–H and O–H groups in total. The Labute approximate surface area is 242 Å². The predicted molar refractivity (Wildman–Crippen MR) is 151 cm³/mol. The summed E-state index contributed by atoms with van der Waals surface area (Å²) in [6, 6.07) is 14.8. The zero-order chi connectivity index (χ0) is 29.1. The van der Waals surface area contributed by atoms with Gasteiger partial charge in [0.1, 0.15) is 11.9 Å². The van der Waals surface area contributed by atoms with Gasteiger partial charge in [0.15, 0.2) is 6.29 Å². The summed E-state index contributed by atoms with van der Waals surface area (Å²) in [6.45, 7) is 4.80. The number of fused-ring (bicyclic) bond motifs is 1. The fourth-order valence-electron chi connectivity index (χ4n) is 6.22. The number of nitrogens with zero attached hydrogens (tertiary/aromatic N) is 1. The number of carbonyl (C=O) groups is 1. The number of benzene rings is 2. The van der Waals surface area contributed by atoms with Crippen molar-refractivity contribution in [3.8, 4) is 5.75 Å². The maximum atomic E-state index is 13.7. The molecule has 1 saturated carbocycles. The van der Waals surface area contributed by atoms with Gasteiger partial charge in [0.2, 0.25) is 10.0 Å². The van der Waals surface area contributed by atoms with Gasteiger partial charge in [0.25, 0.3) is 0 Å². The molecule has 2 aromatic rings. The van der Waals surface area contributed by atoms with Crippen LogP contribution in [0.4, 0.5) is 4.79 Å². The molecule has 3 aliphatic rings. The second-order valence-corrected chi connectivity index (χ2v) is 13.6. The summed E-state index contributed by atoms with van der Waals surface area (Å²) in [5.41, 5.74) is 0.891. The van der Waals surface area contributed by atoms with Gasteiger partial charge in [-0.15, -0.1) is 0 Å². The second kappa shape index (κ2) is 12.7. The molecule has 2 saturated heterocycles. The van der Waals surface area contributed by atoms with Crippen molar-refractivity contribution in [3.63, 3.8) is 0 Å². The highest BCUT2D eigenvalue weighted by atomic mass is 32.2. The predicted octanol–water partition coefficient (Wildman–Crippen LogP) is 3.05. The normalized spacial score (nSPS) is 26.6. The number of rotatable bonds is 12. The van der Waals surface area contributed by atoms with Crippen LogP contribution in [0.5, 0.6) is 5.75 Å². The van der Waals surface area contributed by atoms with Crippen molar-refractivity contribution in [1.82, 2.24) is 9.62 Å². The molecule has 0 spiro atoms. The van der Waals surface area contributed by atoms with E-state index in [1.165, 1.54) is 23.5 Å². The molecular formula is C30H40N2O8S. The van der Waals surface area contributed by atoms with Crippen LogP contribution in [-0.4, -0.2) is 81.9 Å². The van der Waals surface area contributed by atoms with Crippen LogP contribution < -0.4 is 10.1 Å². The van der Waals surface area contributed by atoms with Gasteiger partial charge in [-0.1, -0.05) is 44.2 Å². The van der Waals surface area contributed by atoms with Crippen molar-refractivity contribution in [2.45, 2.75) is 56.1 Å². The number of alkyl carbamates (subject to hydrolysis) is 1. The van der Waals surface area contributed by atoms with Crippen molar-refractivity contribution >= 4 is 16.1 Å². The number of nitrogens with one attached hydrogen (secondary N) is 1.